The summed E-state index contributed by atoms with van der Waals surface area (Å²) in [5, 5.41) is 13.9. The van der Waals surface area contributed by atoms with Crippen LogP contribution < -0.4 is 19.5 Å². The largest absolute Gasteiger partial charge is 0.492 e. The van der Waals surface area contributed by atoms with Crippen LogP contribution in [0.1, 0.15) is 24.5 Å². The summed E-state index contributed by atoms with van der Waals surface area (Å²) in [5.74, 6) is 1.15. The van der Waals surface area contributed by atoms with Crippen molar-refractivity contribution in [1.29, 1.82) is 5.26 Å². The lowest BCUT2D eigenvalue weighted by atomic mass is 10.1. The van der Waals surface area contributed by atoms with E-state index >= 15 is 0 Å². The van der Waals surface area contributed by atoms with Gasteiger partial charge in [-0.25, -0.2) is 12.8 Å². The fourth-order valence-electron chi connectivity index (χ4n) is 4.16. The smallest absolute Gasteiger partial charge is 0.246 e. The number of rotatable bonds is 10. The van der Waals surface area contributed by atoms with Gasteiger partial charge in [0.05, 0.1) is 34.1 Å². The molecule has 41 heavy (non-hydrogen) atoms. The Morgan fingerprint density at radius 1 is 1.17 bits per heavy atom. The van der Waals surface area contributed by atoms with Gasteiger partial charge in [0.2, 0.25) is 10.0 Å². The van der Waals surface area contributed by atoms with Crippen molar-refractivity contribution in [2.45, 2.75) is 24.5 Å². The second-order valence-corrected chi connectivity index (χ2v) is 14.2. The van der Waals surface area contributed by atoms with E-state index in [0.29, 0.717) is 57.4 Å². The predicted molar refractivity (Wildman–Crippen MR) is 164 cm³/mol. The molecule has 0 aliphatic carbocycles. The van der Waals surface area contributed by atoms with Gasteiger partial charge >= 0.3 is 0 Å². The average molecular weight is 631 g/mol. The summed E-state index contributed by atoms with van der Waals surface area (Å²) in [4.78, 5) is 4.40. The number of nitriles is 1. The molecule has 1 aromatic heterocycles. The zero-order chi connectivity index (χ0) is 29.0. The van der Waals surface area contributed by atoms with Crippen LogP contribution in [0.5, 0.6) is 11.5 Å². The number of nitrogens with zero attached hydrogens (tertiary/aromatic N) is 2. The number of sulfonamides is 1. The lowest BCUT2D eigenvalue weighted by Gasteiger charge is -2.18. The van der Waals surface area contributed by atoms with Gasteiger partial charge in [-0.3, -0.25) is 9.71 Å². The van der Waals surface area contributed by atoms with E-state index in [4.69, 9.17) is 21.1 Å². The van der Waals surface area contributed by atoms with E-state index < -0.39 is 14.6 Å². The number of anilines is 3. The SMILES string of the molecule is CCOc1cc2ncc(C#N)c(Nc3ccc(OCc4cccc(F)c4)c(Cl)c3)c2cc1NS(=O)(=O)C1CCSS1. The number of pyridine rings is 1. The van der Waals surface area contributed by atoms with E-state index in [1.165, 1.54) is 39.9 Å². The van der Waals surface area contributed by atoms with E-state index in [-0.39, 0.29) is 23.7 Å². The number of benzene rings is 3. The zero-order valence-corrected chi connectivity index (χ0v) is 24.9. The second-order valence-electron chi connectivity index (χ2n) is 8.93. The molecule has 0 bridgehead atoms. The molecule has 5 rings (SSSR count). The molecule has 1 aliphatic heterocycles. The Morgan fingerprint density at radius 3 is 2.73 bits per heavy atom. The molecule has 4 aromatic rings. The highest BCUT2D eigenvalue weighted by Gasteiger charge is 2.31. The summed E-state index contributed by atoms with van der Waals surface area (Å²) in [6.07, 6.45) is 1.98. The van der Waals surface area contributed by atoms with E-state index in [0.717, 1.165) is 5.75 Å². The topological polar surface area (TPSA) is 113 Å². The molecule has 1 saturated heterocycles. The summed E-state index contributed by atoms with van der Waals surface area (Å²) in [6, 6.07) is 16.6. The molecular formula is C28H24ClFN4O4S3. The summed E-state index contributed by atoms with van der Waals surface area (Å²) < 4.78 is 53.3. The summed E-state index contributed by atoms with van der Waals surface area (Å²) in [5.41, 5.74) is 2.67. The molecule has 0 amide bonds. The number of hydrogen-bond donors (Lipinski definition) is 2. The van der Waals surface area contributed by atoms with Crippen LogP contribution in [0.4, 0.5) is 21.5 Å². The number of ether oxygens (including phenoxy) is 2. The molecule has 8 nitrogen and oxygen atoms in total. The standard InChI is InChI=1S/C28H24ClFN4O4S3/c1-2-37-26-13-23-21(12-24(26)34-41(35,36)27-8-9-39-40-27)28(18(14-31)15-32-23)33-20-6-7-25(22(29)11-20)38-16-17-4-3-5-19(30)10-17/h3-7,10-13,15,27,34H,2,8-9,16H2,1H3,(H,32,33). The van der Waals surface area contributed by atoms with Gasteiger partial charge in [0.25, 0.3) is 0 Å². The Morgan fingerprint density at radius 2 is 2.02 bits per heavy atom. The number of nitrogens with one attached hydrogen (secondary N) is 2. The van der Waals surface area contributed by atoms with Crippen molar-refractivity contribution in [2.24, 2.45) is 0 Å². The first-order valence-electron chi connectivity index (χ1n) is 12.5. The van der Waals surface area contributed by atoms with Gasteiger partial charge in [-0.05, 0) is 55.3 Å². The number of fused-ring (bicyclic) bond motifs is 1. The van der Waals surface area contributed by atoms with Crippen LogP contribution in [-0.4, -0.2) is 30.3 Å². The third-order valence-corrected chi connectivity index (χ3v) is 11.8. The van der Waals surface area contributed by atoms with E-state index in [1.54, 1.807) is 49.4 Å². The van der Waals surface area contributed by atoms with Gasteiger partial charge < -0.3 is 14.8 Å². The minimum absolute atomic E-state index is 0.136. The quantitative estimate of drug-likeness (QED) is 0.172. The molecular weight excluding hydrogens is 607 g/mol. The Balaban J connectivity index is 1.47. The molecule has 0 spiro atoms. The van der Waals surface area contributed by atoms with Crippen molar-refractivity contribution in [1.82, 2.24) is 4.98 Å². The zero-order valence-electron chi connectivity index (χ0n) is 21.7. The Labute approximate surface area is 250 Å². The van der Waals surface area contributed by atoms with Crippen LogP contribution >= 0.6 is 33.2 Å². The van der Waals surface area contributed by atoms with Crippen molar-refractivity contribution in [3.8, 4) is 17.6 Å². The molecule has 0 radical (unpaired) electrons. The molecule has 13 heteroatoms. The van der Waals surface area contributed by atoms with E-state index in [2.05, 4.69) is 21.1 Å². The van der Waals surface area contributed by atoms with Crippen molar-refractivity contribution in [3.05, 3.63) is 82.8 Å². The van der Waals surface area contributed by atoms with E-state index in [1.807, 2.05) is 0 Å². The minimum Gasteiger partial charge on any atom is -0.492 e. The molecule has 1 unspecified atom stereocenters. The fraction of sp³-hybridized carbons (Fsp3) is 0.214. The van der Waals surface area contributed by atoms with Gasteiger partial charge in [0.1, 0.15) is 34.6 Å². The minimum atomic E-state index is -3.69. The monoisotopic (exact) mass is 630 g/mol. The normalized spacial score (nSPS) is 14.9. The number of aromatic nitrogens is 1. The number of halogens is 2. The first kappa shape index (κ1) is 29.1. The highest BCUT2D eigenvalue weighted by atomic mass is 35.5. The molecule has 1 aliphatic rings. The van der Waals surface area contributed by atoms with Gasteiger partial charge in [-0.2, -0.15) is 5.26 Å². The molecule has 3 aromatic carbocycles. The van der Waals surface area contributed by atoms with Gasteiger partial charge in [-0.15, -0.1) is 0 Å². The Kier molecular flexibility index (Phi) is 8.99. The third kappa shape index (κ3) is 6.76. The molecule has 1 atom stereocenters. The highest BCUT2D eigenvalue weighted by molar-refractivity contribution is 8.78. The average Bonchev–Trinajstić information content (AvgIpc) is 3.50. The lowest BCUT2D eigenvalue weighted by Crippen LogP contribution is -2.23. The number of hydrogen-bond acceptors (Lipinski definition) is 9. The van der Waals surface area contributed by atoms with Crippen LogP contribution in [0, 0.1) is 17.1 Å². The summed E-state index contributed by atoms with van der Waals surface area (Å²) in [6.45, 7) is 2.26. The lowest BCUT2D eigenvalue weighted by molar-refractivity contribution is 0.306. The molecule has 1 fully saturated rings. The van der Waals surface area contributed by atoms with Crippen molar-refractivity contribution < 1.29 is 22.3 Å². The van der Waals surface area contributed by atoms with Crippen LogP contribution in [0.3, 0.4) is 0 Å². The maximum absolute atomic E-state index is 13.5. The van der Waals surface area contributed by atoms with Gasteiger partial charge in [0.15, 0.2) is 0 Å². The molecule has 0 saturated carbocycles. The molecule has 2 heterocycles. The maximum Gasteiger partial charge on any atom is 0.246 e. The fourth-order valence-corrected chi connectivity index (χ4v) is 9.83. The van der Waals surface area contributed by atoms with E-state index in [9.17, 15) is 18.1 Å². The first-order valence-corrected chi connectivity index (χ1v) is 16.8. The van der Waals surface area contributed by atoms with Gasteiger partial charge in [0, 0.05) is 29.1 Å². The first-order chi connectivity index (χ1) is 19.8. The van der Waals surface area contributed by atoms with Crippen molar-refractivity contribution >= 4 is 71.2 Å². The third-order valence-electron chi connectivity index (χ3n) is 6.08. The van der Waals surface area contributed by atoms with Crippen LogP contribution in [0.2, 0.25) is 5.02 Å². The maximum atomic E-state index is 13.5. The Bertz CT molecular complexity index is 1740. The predicted octanol–water partition coefficient (Wildman–Crippen LogP) is 7.47. The van der Waals surface area contributed by atoms with Crippen molar-refractivity contribution in [3.63, 3.8) is 0 Å². The van der Waals surface area contributed by atoms with Gasteiger partial charge in [-0.1, -0.05) is 45.3 Å². The Hall–Kier alpha value is -3.37. The van der Waals surface area contributed by atoms with Crippen LogP contribution in [0.25, 0.3) is 10.9 Å². The summed E-state index contributed by atoms with van der Waals surface area (Å²) in [7, 11) is -0.843. The second kappa shape index (κ2) is 12.7. The summed E-state index contributed by atoms with van der Waals surface area (Å²) >= 11 is 6.49. The van der Waals surface area contributed by atoms with Crippen molar-refractivity contribution in [2.75, 3.05) is 22.4 Å². The van der Waals surface area contributed by atoms with Crippen LogP contribution in [-0.2, 0) is 16.6 Å². The van der Waals surface area contributed by atoms with Crippen LogP contribution in [0.15, 0.2) is 60.8 Å². The molecule has 212 valence electrons. The molecule has 2 N–H and O–H groups in total. The highest BCUT2D eigenvalue weighted by Crippen LogP contribution is 2.43.